The molecule has 5 nitrogen and oxygen atoms in total. The number of amides is 1. The molecular weight excluding hydrogens is 308 g/mol. The minimum absolute atomic E-state index is 0.133. The number of carbonyl (C=O) groups excluding carboxylic acids is 1. The van der Waals surface area contributed by atoms with Crippen LogP contribution in [0.2, 0.25) is 0 Å². The second-order valence-electron chi connectivity index (χ2n) is 6.28. The number of likely N-dealkylation sites (tertiary alicyclic amines) is 1. The highest BCUT2D eigenvalue weighted by atomic mass is 32.1. The van der Waals surface area contributed by atoms with Crippen molar-refractivity contribution in [1.82, 2.24) is 19.2 Å². The van der Waals surface area contributed by atoms with Crippen molar-refractivity contribution >= 4 is 17.4 Å². The van der Waals surface area contributed by atoms with Crippen LogP contribution in [0, 0.1) is 12.8 Å². The number of pyridine rings is 1. The van der Waals surface area contributed by atoms with Crippen LogP contribution < -0.4 is 0 Å². The van der Waals surface area contributed by atoms with E-state index in [4.69, 9.17) is 0 Å². The third kappa shape index (κ3) is 3.95. The van der Waals surface area contributed by atoms with Crippen molar-refractivity contribution in [2.75, 3.05) is 26.7 Å². The zero-order chi connectivity index (χ0) is 16.2. The molecule has 1 atom stereocenters. The molecule has 122 valence electrons. The first kappa shape index (κ1) is 16.1. The molecule has 0 bridgehead atoms. The van der Waals surface area contributed by atoms with Crippen LogP contribution in [0.1, 0.15) is 28.0 Å². The molecule has 6 heteroatoms. The average Bonchev–Trinajstić information content (AvgIpc) is 3.16. The Morgan fingerprint density at radius 1 is 1.52 bits per heavy atom. The summed E-state index contributed by atoms with van der Waals surface area (Å²) in [6.45, 7) is 5.48. The molecule has 3 heterocycles. The number of aromatic nitrogens is 2. The predicted octanol–water partition coefficient (Wildman–Crippen LogP) is 2.44. The van der Waals surface area contributed by atoms with Gasteiger partial charge in [0.15, 0.2) is 0 Å². The van der Waals surface area contributed by atoms with Crippen LogP contribution in [0.15, 0.2) is 29.9 Å². The normalized spacial score (nSPS) is 17.9. The summed E-state index contributed by atoms with van der Waals surface area (Å²) in [4.78, 5) is 21.0. The maximum Gasteiger partial charge on any atom is 0.256 e. The van der Waals surface area contributed by atoms with Gasteiger partial charge in [-0.05, 0) is 49.5 Å². The Labute approximate surface area is 141 Å². The fraction of sp³-hybridized carbons (Fsp3) is 0.471. The highest BCUT2D eigenvalue weighted by Crippen LogP contribution is 2.21. The number of carbonyl (C=O) groups is 1. The first-order valence-corrected chi connectivity index (χ1v) is 8.75. The van der Waals surface area contributed by atoms with Crippen molar-refractivity contribution in [3.63, 3.8) is 0 Å². The summed E-state index contributed by atoms with van der Waals surface area (Å²) in [6, 6.07) is 4.07. The standard InChI is InChI=1S/C17H22N4OS/c1-13-16(12-23-19-13)17(22)21-7-5-15(11-21)10-20(2)9-14-4-3-6-18-8-14/h3-4,6,8,12,15H,5,7,9-11H2,1-2H3/t15-/m0/s1. The van der Waals surface area contributed by atoms with Gasteiger partial charge in [0.25, 0.3) is 5.91 Å². The van der Waals surface area contributed by atoms with E-state index in [1.165, 1.54) is 17.1 Å². The highest BCUT2D eigenvalue weighted by molar-refractivity contribution is 7.03. The van der Waals surface area contributed by atoms with Gasteiger partial charge in [-0.15, -0.1) is 0 Å². The molecule has 1 saturated heterocycles. The molecule has 0 aliphatic carbocycles. The Morgan fingerprint density at radius 3 is 3.09 bits per heavy atom. The van der Waals surface area contributed by atoms with Gasteiger partial charge in [0.2, 0.25) is 0 Å². The molecular formula is C17H22N4OS. The molecule has 3 rings (SSSR count). The molecule has 0 radical (unpaired) electrons. The van der Waals surface area contributed by atoms with Crippen LogP contribution in [-0.4, -0.2) is 51.7 Å². The molecule has 0 aromatic carbocycles. The number of nitrogens with zero attached hydrogens (tertiary/aromatic N) is 4. The summed E-state index contributed by atoms with van der Waals surface area (Å²) < 4.78 is 4.20. The van der Waals surface area contributed by atoms with E-state index < -0.39 is 0 Å². The molecule has 0 saturated carbocycles. The van der Waals surface area contributed by atoms with Crippen LogP contribution in [0.4, 0.5) is 0 Å². The van der Waals surface area contributed by atoms with Gasteiger partial charge in [0.1, 0.15) is 0 Å². The predicted molar refractivity (Wildman–Crippen MR) is 91.4 cm³/mol. The van der Waals surface area contributed by atoms with Gasteiger partial charge in [-0.1, -0.05) is 6.07 Å². The zero-order valence-corrected chi connectivity index (χ0v) is 14.4. The summed E-state index contributed by atoms with van der Waals surface area (Å²) in [5, 5.41) is 1.86. The van der Waals surface area contributed by atoms with E-state index in [1.54, 1.807) is 6.20 Å². The van der Waals surface area contributed by atoms with Crippen molar-refractivity contribution in [3.8, 4) is 0 Å². The maximum absolute atomic E-state index is 12.5. The van der Waals surface area contributed by atoms with E-state index in [1.807, 2.05) is 29.5 Å². The van der Waals surface area contributed by atoms with Gasteiger partial charge in [0.05, 0.1) is 11.3 Å². The number of hydrogen-bond acceptors (Lipinski definition) is 5. The van der Waals surface area contributed by atoms with Crippen LogP contribution >= 0.6 is 11.5 Å². The first-order valence-electron chi connectivity index (χ1n) is 7.91. The number of aryl methyl sites for hydroxylation is 1. The Hall–Kier alpha value is -1.79. The van der Waals surface area contributed by atoms with E-state index >= 15 is 0 Å². The topological polar surface area (TPSA) is 49.3 Å². The molecule has 0 N–H and O–H groups in total. The Kier molecular flexibility index (Phi) is 5.03. The average molecular weight is 330 g/mol. The summed E-state index contributed by atoms with van der Waals surface area (Å²) in [5.74, 6) is 0.668. The number of rotatable bonds is 5. The molecule has 1 aliphatic rings. The third-order valence-electron chi connectivity index (χ3n) is 4.30. The van der Waals surface area contributed by atoms with Gasteiger partial charge < -0.3 is 9.80 Å². The molecule has 0 unspecified atom stereocenters. The lowest BCUT2D eigenvalue weighted by atomic mass is 10.1. The Bertz CT molecular complexity index is 658. The largest absolute Gasteiger partial charge is 0.338 e. The third-order valence-corrected chi connectivity index (χ3v) is 5.02. The van der Waals surface area contributed by atoms with Crippen LogP contribution in [0.3, 0.4) is 0 Å². The minimum Gasteiger partial charge on any atom is -0.338 e. The fourth-order valence-electron chi connectivity index (χ4n) is 3.14. The van der Waals surface area contributed by atoms with Gasteiger partial charge in [-0.3, -0.25) is 9.78 Å². The summed E-state index contributed by atoms with van der Waals surface area (Å²) in [6.07, 6.45) is 4.78. The van der Waals surface area contributed by atoms with Crippen LogP contribution in [0.25, 0.3) is 0 Å². The zero-order valence-electron chi connectivity index (χ0n) is 13.6. The maximum atomic E-state index is 12.5. The molecule has 1 aliphatic heterocycles. The monoisotopic (exact) mass is 330 g/mol. The minimum atomic E-state index is 0.133. The summed E-state index contributed by atoms with van der Waals surface area (Å²) >= 11 is 1.35. The van der Waals surface area contributed by atoms with E-state index in [2.05, 4.69) is 27.4 Å². The lowest BCUT2D eigenvalue weighted by Crippen LogP contribution is -2.31. The van der Waals surface area contributed by atoms with Crippen molar-refractivity contribution < 1.29 is 4.79 Å². The molecule has 2 aromatic rings. The van der Waals surface area contributed by atoms with Gasteiger partial charge in [0, 0.05) is 44.0 Å². The van der Waals surface area contributed by atoms with Crippen molar-refractivity contribution in [2.45, 2.75) is 19.9 Å². The van der Waals surface area contributed by atoms with E-state index in [0.717, 1.165) is 43.9 Å². The van der Waals surface area contributed by atoms with Crippen molar-refractivity contribution in [3.05, 3.63) is 46.7 Å². The Balaban J connectivity index is 1.52. The van der Waals surface area contributed by atoms with Crippen LogP contribution in [-0.2, 0) is 6.54 Å². The highest BCUT2D eigenvalue weighted by Gasteiger charge is 2.28. The fourth-order valence-corrected chi connectivity index (χ4v) is 3.83. The van der Waals surface area contributed by atoms with Crippen molar-refractivity contribution in [1.29, 1.82) is 0 Å². The second-order valence-corrected chi connectivity index (χ2v) is 6.91. The van der Waals surface area contributed by atoms with Crippen molar-refractivity contribution in [2.24, 2.45) is 5.92 Å². The van der Waals surface area contributed by atoms with Crippen LogP contribution in [0.5, 0.6) is 0 Å². The van der Waals surface area contributed by atoms with E-state index in [-0.39, 0.29) is 5.91 Å². The van der Waals surface area contributed by atoms with Gasteiger partial charge in [-0.2, -0.15) is 4.37 Å². The molecule has 1 amide bonds. The molecule has 1 fully saturated rings. The molecule has 0 spiro atoms. The first-order chi connectivity index (χ1) is 11.1. The Morgan fingerprint density at radius 2 is 2.39 bits per heavy atom. The summed E-state index contributed by atoms with van der Waals surface area (Å²) in [5.41, 5.74) is 2.83. The second kappa shape index (κ2) is 7.19. The lowest BCUT2D eigenvalue weighted by molar-refractivity contribution is 0.0783. The van der Waals surface area contributed by atoms with E-state index in [0.29, 0.717) is 5.92 Å². The number of hydrogen-bond donors (Lipinski definition) is 0. The van der Waals surface area contributed by atoms with Gasteiger partial charge >= 0.3 is 0 Å². The molecule has 2 aromatic heterocycles. The SMILES string of the molecule is Cc1nscc1C(=O)N1CC[C@@H](CN(C)Cc2cccnc2)C1. The molecule has 23 heavy (non-hydrogen) atoms. The quantitative estimate of drug-likeness (QED) is 0.845. The smallest absolute Gasteiger partial charge is 0.256 e. The lowest BCUT2D eigenvalue weighted by Gasteiger charge is -2.21. The van der Waals surface area contributed by atoms with E-state index in [9.17, 15) is 4.79 Å². The summed E-state index contributed by atoms with van der Waals surface area (Å²) in [7, 11) is 2.13. The van der Waals surface area contributed by atoms with Gasteiger partial charge in [-0.25, -0.2) is 0 Å².